The average Bonchev–Trinajstić information content (AvgIpc) is 2.57. The van der Waals surface area contributed by atoms with Gasteiger partial charge < -0.3 is 0 Å². The Bertz CT molecular complexity index is 214. The van der Waals surface area contributed by atoms with E-state index < -0.39 is 0 Å². The zero-order valence-corrected chi connectivity index (χ0v) is 7.97. The van der Waals surface area contributed by atoms with Crippen LogP contribution >= 0.6 is 0 Å². The Morgan fingerprint density at radius 1 is 1.25 bits per heavy atom. The minimum atomic E-state index is 0.954. The van der Waals surface area contributed by atoms with Crippen LogP contribution in [0.2, 0.25) is 0 Å². The van der Waals surface area contributed by atoms with Gasteiger partial charge in [-0.25, -0.2) is 0 Å². The molecule has 0 aromatic rings. The maximum absolute atomic E-state index is 2.32. The van der Waals surface area contributed by atoms with Crippen molar-refractivity contribution in [3.8, 4) is 0 Å². The van der Waals surface area contributed by atoms with E-state index in [0.717, 1.165) is 5.92 Å². The molecule has 0 N–H and O–H groups in total. The first-order valence-electron chi connectivity index (χ1n) is 5.24. The highest BCUT2D eigenvalue weighted by molar-refractivity contribution is 5.29. The highest BCUT2D eigenvalue weighted by atomic mass is 14.3. The SMILES string of the molecule is CC1=C(C2CCCC2)CCC=C1. The summed E-state index contributed by atoms with van der Waals surface area (Å²) >= 11 is 0. The van der Waals surface area contributed by atoms with Gasteiger partial charge in [-0.05, 0) is 38.5 Å². The molecule has 0 aromatic heterocycles. The number of rotatable bonds is 1. The second kappa shape index (κ2) is 3.47. The zero-order valence-electron chi connectivity index (χ0n) is 7.97. The molecule has 1 saturated carbocycles. The molecule has 0 saturated heterocycles. The normalized spacial score (nSPS) is 25.4. The molecule has 2 rings (SSSR count). The molecule has 0 heterocycles. The fraction of sp³-hybridized carbons (Fsp3) is 0.667. The summed E-state index contributed by atoms with van der Waals surface area (Å²) in [5.74, 6) is 0.954. The molecule has 66 valence electrons. The Hall–Kier alpha value is -0.520. The van der Waals surface area contributed by atoms with E-state index in [0.29, 0.717) is 0 Å². The van der Waals surface area contributed by atoms with E-state index in [4.69, 9.17) is 0 Å². The summed E-state index contributed by atoms with van der Waals surface area (Å²) in [6.07, 6.45) is 13.1. The third kappa shape index (κ3) is 1.48. The molecule has 0 spiro atoms. The van der Waals surface area contributed by atoms with Gasteiger partial charge in [0.2, 0.25) is 0 Å². The van der Waals surface area contributed by atoms with Crippen LogP contribution in [0.4, 0.5) is 0 Å². The lowest BCUT2D eigenvalue weighted by atomic mass is 9.87. The van der Waals surface area contributed by atoms with Crippen molar-refractivity contribution in [1.82, 2.24) is 0 Å². The van der Waals surface area contributed by atoms with E-state index in [2.05, 4.69) is 19.1 Å². The van der Waals surface area contributed by atoms with Crippen molar-refractivity contribution in [2.45, 2.75) is 45.4 Å². The average molecular weight is 162 g/mol. The molecule has 0 amide bonds. The first-order chi connectivity index (χ1) is 5.88. The van der Waals surface area contributed by atoms with Gasteiger partial charge in [0.1, 0.15) is 0 Å². The van der Waals surface area contributed by atoms with Crippen LogP contribution in [0, 0.1) is 5.92 Å². The molecule has 12 heavy (non-hydrogen) atoms. The third-order valence-electron chi connectivity index (χ3n) is 3.30. The highest BCUT2D eigenvalue weighted by Gasteiger charge is 2.20. The van der Waals surface area contributed by atoms with Gasteiger partial charge >= 0.3 is 0 Å². The summed E-state index contributed by atoms with van der Waals surface area (Å²) in [7, 11) is 0. The summed E-state index contributed by atoms with van der Waals surface area (Å²) in [6, 6.07) is 0. The minimum Gasteiger partial charge on any atom is -0.0840 e. The van der Waals surface area contributed by atoms with Crippen molar-refractivity contribution in [2.24, 2.45) is 5.92 Å². The molecule has 0 heteroatoms. The zero-order chi connectivity index (χ0) is 8.39. The van der Waals surface area contributed by atoms with E-state index in [1.807, 2.05) is 0 Å². The Morgan fingerprint density at radius 2 is 2.00 bits per heavy atom. The first-order valence-corrected chi connectivity index (χ1v) is 5.24. The molecule has 0 aliphatic heterocycles. The van der Waals surface area contributed by atoms with Gasteiger partial charge in [-0.15, -0.1) is 0 Å². The summed E-state index contributed by atoms with van der Waals surface area (Å²) in [4.78, 5) is 0. The lowest BCUT2D eigenvalue weighted by Crippen LogP contribution is -2.03. The van der Waals surface area contributed by atoms with Crippen molar-refractivity contribution in [1.29, 1.82) is 0 Å². The quantitative estimate of drug-likeness (QED) is 0.549. The van der Waals surface area contributed by atoms with Gasteiger partial charge in [-0.2, -0.15) is 0 Å². The second-order valence-corrected chi connectivity index (χ2v) is 4.13. The standard InChI is InChI=1S/C12H18/c1-10-6-2-5-9-12(10)11-7-3-4-8-11/h2,6,11H,3-5,7-9H2,1H3. The summed E-state index contributed by atoms with van der Waals surface area (Å²) in [6.45, 7) is 2.28. The van der Waals surface area contributed by atoms with Crippen LogP contribution in [0.1, 0.15) is 45.4 Å². The van der Waals surface area contributed by atoms with E-state index in [1.54, 1.807) is 11.1 Å². The minimum absolute atomic E-state index is 0.954. The molecule has 0 radical (unpaired) electrons. The molecule has 0 aromatic carbocycles. The molecule has 0 unspecified atom stereocenters. The predicted molar refractivity (Wildman–Crippen MR) is 53.0 cm³/mol. The van der Waals surface area contributed by atoms with Gasteiger partial charge in [0.05, 0.1) is 0 Å². The summed E-state index contributed by atoms with van der Waals surface area (Å²) < 4.78 is 0. The lowest BCUT2D eigenvalue weighted by Gasteiger charge is -2.19. The van der Waals surface area contributed by atoms with E-state index in [-0.39, 0.29) is 0 Å². The highest BCUT2D eigenvalue weighted by Crippen LogP contribution is 2.36. The molecule has 0 nitrogen and oxygen atoms in total. The summed E-state index contributed by atoms with van der Waals surface area (Å²) in [5, 5.41) is 0. The molecule has 1 fully saturated rings. The van der Waals surface area contributed by atoms with Gasteiger partial charge in [0, 0.05) is 0 Å². The van der Waals surface area contributed by atoms with Crippen LogP contribution in [0.5, 0.6) is 0 Å². The Morgan fingerprint density at radius 3 is 2.67 bits per heavy atom. The number of hydrogen-bond acceptors (Lipinski definition) is 0. The van der Waals surface area contributed by atoms with Crippen LogP contribution in [-0.4, -0.2) is 0 Å². The second-order valence-electron chi connectivity index (χ2n) is 4.13. The van der Waals surface area contributed by atoms with Crippen molar-refractivity contribution in [2.75, 3.05) is 0 Å². The molecule has 2 aliphatic rings. The summed E-state index contributed by atoms with van der Waals surface area (Å²) in [5.41, 5.74) is 3.34. The molecule has 2 aliphatic carbocycles. The number of allylic oxidation sites excluding steroid dienone is 4. The Labute approximate surface area is 75.4 Å². The first kappa shape index (κ1) is 8.10. The van der Waals surface area contributed by atoms with E-state index in [1.165, 1.54) is 38.5 Å². The van der Waals surface area contributed by atoms with Crippen LogP contribution in [-0.2, 0) is 0 Å². The maximum Gasteiger partial charge on any atom is -0.0197 e. The molecule has 0 atom stereocenters. The maximum atomic E-state index is 2.32. The van der Waals surface area contributed by atoms with Crippen LogP contribution in [0.15, 0.2) is 23.3 Å². The van der Waals surface area contributed by atoms with Crippen molar-refractivity contribution in [3.05, 3.63) is 23.3 Å². The molecular formula is C12H18. The number of hydrogen-bond donors (Lipinski definition) is 0. The largest absolute Gasteiger partial charge is 0.0840 e. The van der Waals surface area contributed by atoms with Gasteiger partial charge in [-0.1, -0.05) is 36.1 Å². The van der Waals surface area contributed by atoms with Crippen LogP contribution in [0.3, 0.4) is 0 Å². The fourth-order valence-corrected chi connectivity index (χ4v) is 2.60. The van der Waals surface area contributed by atoms with Crippen molar-refractivity contribution >= 4 is 0 Å². The third-order valence-corrected chi connectivity index (χ3v) is 3.30. The van der Waals surface area contributed by atoms with Gasteiger partial charge in [0.15, 0.2) is 0 Å². The Balaban J connectivity index is 2.14. The lowest BCUT2D eigenvalue weighted by molar-refractivity contribution is 0.603. The molecule has 0 bridgehead atoms. The van der Waals surface area contributed by atoms with Gasteiger partial charge in [-0.3, -0.25) is 0 Å². The fourth-order valence-electron chi connectivity index (χ4n) is 2.60. The van der Waals surface area contributed by atoms with Crippen molar-refractivity contribution in [3.63, 3.8) is 0 Å². The smallest absolute Gasteiger partial charge is 0.0197 e. The van der Waals surface area contributed by atoms with E-state index >= 15 is 0 Å². The molecular weight excluding hydrogens is 144 g/mol. The van der Waals surface area contributed by atoms with E-state index in [9.17, 15) is 0 Å². The predicted octanol–water partition coefficient (Wildman–Crippen LogP) is 3.84. The topological polar surface area (TPSA) is 0 Å². The van der Waals surface area contributed by atoms with Crippen LogP contribution < -0.4 is 0 Å². The monoisotopic (exact) mass is 162 g/mol. The van der Waals surface area contributed by atoms with Crippen molar-refractivity contribution < 1.29 is 0 Å². The Kier molecular flexibility index (Phi) is 2.34. The van der Waals surface area contributed by atoms with Gasteiger partial charge in [0.25, 0.3) is 0 Å². The van der Waals surface area contributed by atoms with Crippen LogP contribution in [0.25, 0.3) is 0 Å².